The number of carbonyl (C=O) groups excluding carboxylic acids is 1. The van der Waals surface area contributed by atoms with Gasteiger partial charge in [0.25, 0.3) is 0 Å². The van der Waals surface area contributed by atoms with Gasteiger partial charge in [-0.3, -0.25) is 9.89 Å². The topological polar surface area (TPSA) is 79.9 Å². The van der Waals surface area contributed by atoms with Crippen molar-refractivity contribution in [3.05, 3.63) is 23.2 Å². The molecular formula is C18H23ClN4O2S. The van der Waals surface area contributed by atoms with Gasteiger partial charge in [-0.2, -0.15) is 0 Å². The van der Waals surface area contributed by atoms with Gasteiger partial charge in [-0.25, -0.2) is 4.98 Å². The minimum atomic E-state index is -0.262. The van der Waals surface area contributed by atoms with Gasteiger partial charge < -0.3 is 10.1 Å². The van der Waals surface area contributed by atoms with Crippen LogP contribution in [-0.4, -0.2) is 39.5 Å². The van der Waals surface area contributed by atoms with Crippen molar-refractivity contribution in [2.24, 2.45) is 0 Å². The average Bonchev–Trinajstić information content (AvgIpc) is 3.10. The molecule has 0 unspecified atom stereocenters. The molecular weight excluding hydrogens is 372 g/mol. The number of halogens is 1. The summed E-state index contributed by atoms with van der Waals surface area (Å²) in [4.78, 5) is 16.9. The number of hydrogen-bond acceptors (Lipinski definition) is 5. The van der Waals surface area contributed by atoms with Crippen LogP contribution in [0.2, 0.25) is 5.02 Å². The predicted molar refractivity (Wildman–Crippen MR) is 104 cm³/mol. The van der Waals surface area contributed by atoms with Crippen LogP contribution in [0.3, 0.4) is 0 Å². The highest BCUT2D eigenvalue weighted by atomic mass is 35.5. The summed E-state index contributed by atoms with van der Waals surface area (Å²) >= 11 is 7.41. The molecule has 6 nitrogen and oxygen atoms in total. The summed E-state index contributed by atoms with van der Waals surface area (Å²) in [5, 5.41) is 11.1. The van der Waals surface area contributed by atoms with Crippen LogP contribution in [0.15, 0.2) is 23.4 Å². The Morgan fingerprint density at radius 3 is 2.88 bits per heavy atom. The number of methoxy groups -OCH3 is 1. The Labute approximate surface area is 162 Å². The molecule has 1 amide bonds. The van der Waals surface area contributed by atoms with Crippen molar-refractivity contribution in [3.63, 3.8) is 0 Å². The van der Waals surface area contributed by atoms with Gasteiger partial charge in [-0.1, -0.05) is 42.6 Å². The molecule has 0 saturated heterocycles. The van der Waals surface area contributed by atoms with E-state index in [1.807, 2.05) is 6.92 Å². The van der Waals surface area contributed by atoms with Gasteiger partial charge in [0.2, 0.25) is 11.1 Å². The Morgan fingerprint density at radius 2 is 2.15 bits per heavy atom. The SMILES string of the molecule is COc1ccc(Cl)cc1-c1nc(S[C@@H](C)C(=O)NC2CCCCC2)n[nH]1. The second kappa shape index (κ2) is 8.77. The molecule has 1 aromatic carbocycles. The average molecular weight is 395 g/mol. The van der Waals surface area contributed by atoms with Gasteiger partial charge in [0.1, 0.15) is 5.75 Å². The molecule has 8 heteroatoms. The number of amides is 1. The molecule has 26 heavy (non-hydrogen) atoms. The molecule has 0 aliphatic heterocycles. The standard InChI is InChI=1S/C18H23ClN4O2S/c1-11(17(24)20-13-6-4-3-5-7-13)26-18-21-16(22-23-18)14-10-12(19)8-9-15(14)25-2/h8-11,13H,3-7H2,1-2H3,(H,20,24)(H,21,22,23)/t11-/m0/s1. The molecule has 1 aliphatic rings. The Bertz CT molecular complexity index is 761. The number of aromatic nitrogens is 3. The van der Waals surface area contributed by atoms with E-state index in [0.717, 1.165) is 18.4 Å². The minimum absolute atomic E-state index is 0.0357. The van der Waals surface area contributed by atoms with Crippen LogP contribution in [0, 0.1) is 0 Å². The van der Waals surface area contributed by atoms with Crippen LogP contribution in [0.25, 0.3) is 11.4 Å². The zero-order valence-corrected chi connectivity index (χ0v) is 16.5. The lowest BCUT2D eigenvalue weighted by Gasteiger charge is -2.24. The Balaban J connectivity index is 1.64. The molecule has 1 atom stereocenters. The first-order valence-electron chi connectivity index (χ1n) is 8.80. The maximum Gasteiger partial charge on any atom is 0.233 e. The molecule has 1 aromatic heterocycles. The number of thioether (sulfide) groups is 1. The van der Waals surface area contributed by atoms with Crippen molar-refractivity contribution in [2.75, 3.05) is 7.11 Å². The van der Waals surface area contributed by atoms with Crippen molar-refractivity contribution >= 4 is 29.3 Å². The van der Waals surface area contributed by atoms with E-state index >= 15 is 0 Å². The maximum absolute atomic E-state index is 12.4. The van der Waals surface area contributed by atoms with E-state index in [4.69, 9.17) is 16.3 Å². The molecule has 140 valence electrons. The highest BCUT2D eigenvalue weighted by Gasteiger charge is 2.22. The van der Waals surface area contributed by atoms with E-state index in [2.05, 4.69) is 20.5 Å². The number of carbonyl (C=O) groups is 1. The summed E-state index contributed by atoms with van der Waals surface area (Å²) in [6.07, 6.45) is 5.80. The van der Waals surface area contributed by atoms with Crippen molar-refractivity contribution in [3.8, 4) is 17.1 Å². The molecule has 1 aliphatic carbocycles. The number of hydrogen-bond donors (Lipinski definition) is 2. The van der Waals surface area contributed by atoms with E-state index in [1.54, 1.807) is 25.3 Å². The van der Waals surface area contributed by atoms with E-state index in [-0.39, 0.29) is 11.2 Å². The molecule has 1 fully saturated rings. The van der Waals surface area contributed by atoms with Crippen LogP contribution >= 0.6 is 23.4 Å². The summed E-state index contributed by atoms with van der Waals surface area (Å²) in [7, 11) is 1.59. The van der Waals surface area contributed by atoms with Gasteiger partial charge in [0, 0.05) is 11.1 Å². The number of nitrogens with zero attached hydrogens (tertiary/aromatic N) is 2. The van der Waals surface area contributed by atoms with E-state index in [1.165, 1.54) is 31.0 Å². The second-order valence-electron chi connectivity index (χ2n) is 6.41. The Kier molecular flexibility index (Phi) is 6.43. The van der Waals surface area contributed by atoms with Crippen LogP contribution in [-0.2, 0) is 4.79 Å². The van der Waals surface area contributed by atoms with Gasteiger partial charge in [0.05, 0.1) is 17.9 Å². The molecule has 0 radical (unpaired) electrons. The number of ether oxygens (including phenoxy) is 1. The van der Waals surface area contributed by atoms with E-state index < -0.39 is 0 Å². The molecule has 1 heterocycles. The minimum Gasteiger partial charge on any atom is -0.496 e. The van der Waals surface area contributed by atoms with E-state index in [0.29, 0.717) is 27.8 Å². The Hall–Kier alpha value is -1.73. The zero-order chi connectivity index (χ0) is 18.5. The summed E-state index contributed by atoms with van der Waals surface area (Å²) in [5.74, 6) is 1.26. The largest absolute Gasteiger partial charge is 0.496 e. The lowest BCUT2D eigenvalue weighted by Crippen LogP contribution is -2.40. The number of nitrogens with one attached hydrogen (secondary N) is 2. The summed E-state index contributed by atoms with van der Waals surface area (Å²) in [6, 6.07) is 5.62. The number of H-pyrrole nitrogens is 1. The molecule has 3 rings (SSSR count). The third-order valence-corrected chi connectivity index (χ3v) is 5.68. The number of rotatable bonds is 6. The fourth-order valence-corrected chi connectivity index (χ4v) is 3.97. The second-order valence-corrected chi connectivity index (χ2v) is 8.16. The first-order chi connectivity index (χ1) is 12.6. The van der Waals surface area contributed by atoms with Crippen LogP contribution in [0.4, 0.5) is 0 Å². The Morgan fingerprint density at radius 1 is 1.38 bits per heavy atom. The van der Waals surface area contributed by atoms with Crippen LogP contribution in [0.1, 0.15) is 39.0 Å². The smallest absolute Gasteiger partial charge is 0.233 e. The third kappa shape index (κ3) is 4.71. The lowest BCUT2D eigenvalue weighted by atomic mass is 9.95. The molecule has 2 aromatic rings. The lowest BCUT2D eigenvalue weighted by molar-refractivity contribution is -0.121. The van der Waals surface area contributed by atoms with Crippen LogP contribution < -0.4 is 10.1 Å². The van der Waals surface area contributed by atoms with Gasteiger partial charge in [-0.15, -0.1) is 5.10 Å². The van der Waals surface area contributed by atoms with Gasteiger partial charge in [-0.05, 0) is 38.0 Å². The summed E-state index contributed by atoms with van der Waals surface area (Å²) in [5.41, 5.74) is 0.735. The third-order valence-electron chi connectivity index (χ3n) is 4.48. The molecule has 0 spiro atoms. The van der Waals surface area contributed by atoms with Gasteiger partial charge >= 0.3 is 0 Å². The summed E-state index contributed by atoms with van der Waals surface area (Å²) < 4.78 is 5.35. The van der Waals surface area contributed by atoms with Crippen molar-refractivity contribution < 1.29 is 9.53 Å². The summed E-state index contributed by atoms with van der Waals surface area (Å²) in [6.45, 7) is 1.87. The number of aromatic amines is 1. The fraction of sp³-hybridized carbons (Fsp3) is 0.500. The fourth-order valence-electron chi connectivity index (χ4n) is 3.06. The molecule has 2 N–H and O–H groups in total. The normalized spacial score (nSPS) is 16.3. The van der Waals surface area contributed by atoms with Crippen molar-refractivity contribution in [1.29, 1.82) is 0 Å². The maximum atomic E-state index is 12.4. The quantitative estimate of drug-likeness (QED) is 0.722. The predicted octanol–water partition coefficient (Wildman–Crippen LogP) is 4.06. The van der Waals surface area contributed by atoms with Gasteiger partial charge in [0.15, 0.2) is 5.82 Å². The molecule has 0 bridgehead atoms. The highest BCUT2D eigenvalue weighted by molar-refractivity contribution is 8.00. The van der Waals surface area contributed by atoms with Crippen molar-refractivity contribution in [2.45, 2.75) is 55.5 Å². The monoisotopic (exact) mass is 394 g/mol. The first-order valence-corrected chi connectivity index (χ1v) is 10.1. The van der Waals surface area contributed by atoms with Crippen molar-refractivity contribution in [1.82, 2.24) is 20.5 Å². The van der Waals surface area contributed by atoms with Crippen LogP contribution in [0.5, 0.6) is 5.75 Å². The highest BCUT2D eigenvalue weighted by Crippen LogP contribution is 2.31. The van der Waals surface area contributed by atoms with E-state index in [9.17, 15) is 4.79 Å². The zero-order valence-electron chi connectivity index (χ0n) is 14.9. The molecule has 1 saturated carbocycles. The first kappa shape index (κ1) is 19.0. The number of benzene rings is 1.